The number of thiazole rings is 1. The molecule has 0 saturated carbocycles. The van der Waals surface area contributed by atoms with Gasteiger partial charge in [0.2, 0.25) is 0 Å². The maximum atomic E-state index is 12.6. The lowest BCUT2D eigenvalue weighted by Crippen LogP contribution is -2.33. The zero-order valence-electron chi connectivity index (χ0n) is 15.7. The number of likely N-dealkylation sites (tertiary alicyclic amines) is 1. The molecule has 5 rings (SSSR count). The average molecular weight is 392 g/mol. The van der Waals surface area contributed by atoms with E-state index < -0.39 is 0 Å². The van der Waals surface area contributed by atoms with Crippen molar-refractivity contribution >= 4 is 23.1 Å². The van der Waals surface area contributed by atoms with Crippen LogP contribution in [0.15, 0.2) is 47.8 Å². The molecule has 4 heterocycles. The molecule has 1 amide bonds. The van der Waals surface area contributed by atoms with Crippen LogP contribution in [-0.2, 0) is 0 Å². The molecule has 0 N–H and O–H groups in total. The van der Waals surface area contributed by atoms with Gasteiger partial charge < -0.3 is 9.80 Å². The van der Waals surface area contributed by atoms with E-state index in [1.54, 1.807) is 0 Å². The highest BCUT2D eigenvalue weighted by Gasteiger charge is 2.42. The lowest BCUT2D eigenvalue weighted by molar-refractivity contribution is 0.0777. The van der Waals surface area contributed by atoms with Crippen LogP contribution < -0.4 is 4.90 Å². The minimum atomic E-state index is 0.0669. The van der Waals surface area contributed by atoms with Gasteiger partial charge in [-0.1, -0.05) is 30.3 Å². The predicted octanol–water partition coefficient (Wildman–Crippen LogP) is 3.12. The van der Waals surface area contributed by atoms with Crippen LogP contribution in [0.5, 0.6) is 0 Å². The van der Waals surface area contributed by atoms with Gasteiger partial charge in [-0.05, 0) is 19.1 Å². The molecule has 2 aliphatic heterocycles. The van der Waals surface area contributed by atoms with Gasteiger partial charge in [-0.3, -0.25) is 4.79 Å². The summed E-state index contributed by atoms with van der Waals surface area (Å²) in [6, 6.07) is 14.2. The van der Waals surface area contributed by atoms with Gasteiger partial charge in [-0.15, -0.1) is 21.5 Å². The lowest BCUT2D eigenvalue weighted by Gasteiger charge is -2.21. The Morgan fingerprint density at radius 1 is 1.00 bits per heavy atom. The topological polar surface area (TPSA) is 62.2 Å². The maximum Gasteiger partial charge on any atom is 0.273 e. The first-order chi connectivity index (χ1) is 13.7. The average Bonchev–Trinajstić information content (AvgIpc) is 3.43. The Bertz CT molecular complexity index is 974. The van der Waals surface area contributed by atoms with Crippen LogP contribution in [-0.4, -0.2) is 52.2 Å². The molecule has 2 saturated heterocycles. The number of nitrogens with zero attached hydrogens (tertiary/aromatic N) is 5. The van der Waals surface area contributed by atoms with E-state index in [0.717, 1.165) is 48.3 Å². The molecular formula is C21H21N5OS. The van der Waals surface area contributed by atoms with E-state index in [1.807, 2.05) is 53.6 Å². The second kappa shape index (κ2) is 6.98. The summed E-state index contributed by atoms with van der Waals surface area (Å²) in [5, 5.41) is 11.7. The summed E-state index contributed by atoms with van der Waals surface area (Å²) >= 11 is 1.53. The number of aromatic nitrogens is 3. The number of fused-ring (bicyclic) bond motifs is 1. The monoisotopic (exact) mass is 391 g/mol. The predicted molar refractivity (Wildman–Crippen MR) is 109 cm³/mol. The minimum absolute atomic E-state index is 0.0669. The van der Waals surface area contributed by atoms with E-state index in [4.69, 9.17) is 0 Å². The summed E-state index contributed by atoms with van der Waals surface area (Å²) in [5.41, 5.74) is 2.55. The summed E-state index contributed by atoms with van der Waals surface area (Å²) in [6.45, 7) is 5.37. The van der Waals surface area contributed by atoms with E-state index >= 15 is 0 Å². The van der Waals surface area contributed by atoms with Crippen molar-refractivity contribution in [3.63, 3.8) is 0 Å². The third kappa shape index (κ3) is 3.16. The molecule has 7 heteroatoms. The lowest BCUT2D eigenvalue weighted by atomic mass is 10.0. The van der Waals surface area contributed by atoms with Crippen LogP contribution in [0.25, 0.3) is 11.3 Å². The number of carbonyl (C=O) groups excluding carboxylic acids is 1. The van der Waals surface area contributed by atoms with Crippen LogP contribution in [0.4, 0.5) is 5.82 Å². The Morgan fingerprint density at radius 2 is 1.75 bits per heavy atom. The standard InChI is InChI=1S/C21H21N5OS/c1-14-22-19(13-28-14)21(27)26-11-16-9-25(10-17(16)12-26)20-8-7-18(23-24-20)15-5-3-2-4-6-15/h2-8,13,16-17H,9-12H2,1H3. The summed E-state index contributed by atoms with van der Waals surface area (Å²) < 4.78 is 0. The smallest absolute Gasteiger partial charge is 0.273 e. The first-order valence-corrected chi connectivity index (χ1v) is 10.4. The Hall–Kier alpha value is -2.80. The van der Waals surface area contributed by atoms with Crippen molar-refractivity contribution < 1.29 is 4.79 Å². The molecule has 0 radical (unpaired) electrons. The fourth-order valence-corrected chi connectivity index (χ4v) is 4.81. The van der Waals surface area contributed by atoms with E-state index in [2.05, 4.69) is 26.1 Å². The second-order valence-electron chi connectivity index (χ2n) is 7.53. The van der Waals surface area contributed by atoms with Gasteiger partial charge in [0.25, 0.3) is 5.91 Å². The number of aryl methyl sites for hydroxylation is 1. The highest BCUT2D eigenvalue weighted by Crippen LogP contribution is 2.34. The summed E-state index contributed by atoms with van der Waals surface area (Å²) in [6.07, 6.45) is 0. The quantitative estimate of drug-likeness (QED) is 0.686. The first-order valence-electron chi connectivity index (χ1n) is 9.53. The Labute approximate surface area is 167 Å². The first kappa shape index (κ1) is 17.3. The van der Waals surface area contributed by atoms with E-state index in [-0.39, 0.29) is 5.91 Å². The third-order valence-electron chi connectivity index (χ3n) is 5.66. The number of hydrogen-bond acceptors (Lipinski definition) is 6. The number of rotatable bonds is 3. The molecule has 142 valence electrons. The van der Waals surface area contributed by atoms with Crippen LogP contribution in [0.3, 0.4) is 0 Å². The van der Waals surface area contributed by atoms with Gasteiger partial charge in [-0.2, -0.15) is 0 Å². The molecule has 0 aliphatic carbocycles. The van der Waals surface area contributed by atoms with Gasteiger partial charge in [0, 0.05) is 49.0 Å². The number of anilines is 1. The van der Waals surface area contributed by atoms with E-state index in [9.17, 15) is 4.79 Å². The molecule has 3 aromatic rings. The molecule has 2 fully saturated rings. The number of benzene rings is 1. The fourth-order valence-electron chi connectivity index (χ4n) is 4.23. The van der Waals surface area contributed by atoms with Crippen molar-refractivity contribution in [1.82, 2.24) is 20.1 Å². The molecule has 2 aromatic heterocycles. The van der Waals surface area contributed by atoms with Crippen LogP contribution in [0.2, 0.25) is 0 Å². The Balaban J connectivity index is 1.24. The van der Waals surface area contributed by atoms with E-state index in [0.29, 0.717) is 17.5 Å². The Kier molecular flexibility index (Phi) is 4.31. The number of amides is 1. The summed E-state index contributed by atoms with van der Waals surface area (Å²) in [4.78, 5) is 21.3. The molecule has 28 heavy (non-hydrogen) atoms. The molecule has 1 aromatic carbocycles. The number of hydrogen-bond donors (Lipinski definition) is 0. The van der Waals surface area contributed by atoms with Crippen molar-refractivity contribution in [2.45, 2.75) is 6.92 Å². The van der Waals surface area contributed by atoms with Gasteiger partial charge in [0.05, 0.1) is 10.7 Å². The fraction of sp³-hybridized carbons (Fsp3) is 0.333. The highest BCUT2D eigenvalue weighted by molar-refractivity contribution is 7.09. The molecule has 2 atom stereocenters. The molecule has 0 spiro atoms. The maximum absolute atomic E-state index is 12.6. The molecule has 2 aliphatic rings. The van der Waals surface area contributed by atoms with Crippen molar-refractivity contribution in [3.8, 4) is 11.3 Å². The van der Waals surface area contributed by atoms with Gasteiger partial charge in [0.1, 0.15) is 5.69 Å². The normalized spacial score (nSPS) is 21.2. The minimum Gasteiger partial charge on any atom is -0.354 e. The largest absolute Gasteiger partial charge is 0.354 e. The molecule has 6 nitrogen and oxygen atoms in total. The third-order valence-corrected chi connectivity index (χ3v) is 6.43. The second-order valence-corrected chi connectivity index (χ2v) is 8.59. The number of carbonyl (C=O) groups is 1. The van der Waals surface area contributed by atoms with Crippen molar-refractivity contribution in [1.29, 1.82) is 0 Å². The molecular weight excluding hydrogens is 370 g/mol. The van der Waals surface area contributed by atoms with Gasteiger partial charge >= 0.3 is 0 Å². The molecule has 2 unspecified atom stereocenters. The zero-order valence-corrected chi connectivity index (χ0v) is 16.5. The van der Waals surface area contributed by atoms with Crippen molar-refractivity contribution in [2.24, 2.45) is 11.8 Å². The van der Waals surface area contributed by atoms with Crippen molar-refractivity contribution in [2.75, 3.05) is 31.1 Å². The summed E-state index contributed by atoms with van der Waals surface area (Å²) in [7, 11) is 0. The summed E-state index contributed by atoms with van der Waals surface area (Å²) in [5.74, 6) is 1.96. The van der Waals surface area contributed by atoms with E-state index in [1.165, 1.54) is 11.3 Å². The van der Waals surface area contributed by atoms with Gasteiger partial charge in [-0.25, -0.2) is 4.98 Å². The van der Waals surface area contributed by atoms with Crippen LogP contribution in [0, 0.1) is 18.8 Å². The molecule has 0 bridgehead atoms. The SMILES string of the molecule is Cc1nc(C(=O)N2CC3CN(c4ccc(-c5ccccc5)nn4)CC3C2)cs1. The van der Waals surface area contributed by atoms with Crippen LogP contribution in [0.1, 0.15) is 15.5 Å². The zero-order chi connectivity index (χ0) is 19.1. The highest BCUT2D eigenvalue weighted by atomic mass is 32.1. The van der Waals surface area contributed by atoms with Crippen LogP contribution >= 0.6 is 11.3 Å². The van der Waals surface area contributed by atoms with Gasteiger partial charge in [0.15, 0.2) is 5.82 Å². The Morgan fingerprint density at radius 3 is 2.36 bits per heavy atom. The van der Waals surface area contributed by atoms with Crippen molar-refractivity contribution in [3.05, 3.63) is 58.5 Å².